The Bertz CT molecular complexity index is 592. The molecule has 0 amide bonds. The molecular weight excluding hydrogens is 284 g/mol. The van der Waals surface area contributed by atoms with Crippen molar-refractivity contribution in [3.05, 3.63) is 47.7 Å². The van der Waals surface area contributed by atoms with Gasteiger partial charge in [0.25, 0.3) is 0 Å². The van der Waals surface area contributed by atoms with Crippen LogP contribution in [0.4, 0.5) is 11.8 Å². The van der Waals surface area contributed by atoms with Crippen molar-refractivity contribution in [1.82, 2.24) is 9.97 Å². The molecule has 0 bridgehead atoms. The lowest BCUT2D eigenvalue weighted by Gasteiger charge is -2.23. The van der Waals surface area contributed by atoms with Crippen molar-refractivity contribution >= 4 is 11.8 Å². The smallest absolute Gasteiger partial charge is 0.227 e. The largest absolute Gasteiger partial charge is 0.363 e. The van der Waals surface area contributed by atoms with Gasteiger partial charge >= 0.3 is 0 Å². The third kappa shape index (κ3) is 4.95. The zero-order valence-corrected chi connectivity index (χ0v) is 14.7. The summed E-state index contributed by atoms with van der Waals surface area (Å²) in [7, 11) is 0. The molecule has 1 heterocycles. The van der Waals surface area contributed by atoms with E-state index in [2.05, 4.69) is 60.2 Å². The standard InChI is InChI=1S/C19H28N4/c1-5-12-23(13-6-2)19-20-15(3)14-18(22-19)21-16(4)17-10-8-7-9-11-17/h7-11,14,16H,5-6,12-13H2,1-4H3,(H,20,21,22). The lowest BCUT2D eigenvalue weighted by atomic mass is 10.1. The highest BCUT2D eigenvalue weighted by molar-refractivity contribution is 5.45. The molecule has 0 radical (unpaired) electrons. The van der Waals surface area contributed by atoms with Crippen LogP contribution in [0.25, 0.3) is 0 Å². The molecule has 0 fully saturated rings. The number of nitrogens with zero attached hydrogens (tertiary/aromatic N) is 3. The van der Waals surface area contributed by atoms with Crippen molar-refractivity contribution < 1.29 is 0 Å². The number of aryl methyl sites for hydroxylation is 1. The molecule has 0 saturated heterocycles. The van der Waals surface area contributed by atoms with Gasteiger partial charge in [0.05, 0.1) is 0 Å². The van der Waals surface area contributed by atoms with E-state index in [-0.39, 0.29) is 6.04 Å². The Labute approximate surface area is 140 Å². The molecule has 124 valence electrons. The van der Waals surface area contributed by atoms with Gasteiger partial charge in [-0.25, -0.2) is 4.98 Å². The molecule has 23 heavy (non-hydrogen) atoms. The lowest BCUT2D eigenvalue weighted by molar-refractivity contribution is 0.718. The first kappa shape index (κ1) is 17.3. The number of anilines is 2. The number of hydrogen-bond donors (Lipinski definition) is 1. The molecule has 1 aromatic heterocycles. The second-order valence-electron chi connectivity index (χ2n) is 5.96. The fraction of sp³-hybridized carbons (Fsp3) is 0.474. The van der Waals surface area contributed by atoms with Crippen LogP contribution in [0.15, 0.2) is 36.4 Å². The highest BCUT2D eigenvalue weighted by Crippen LogP contribution is 2.20. The van der Waals surface area contributed by atoms with Crippen LogP contribution < -0.4 is 10.2 Å². The highest BCUT2D eigenvalue weighted by Gasteiger charge is 2.12. The van der Waals surface area contributed by atoms with E-state index in [1.165, 1.54) is 5.56 Å². The van der Waals surface area contributed by atoms with Gasteiger partial charge in [-0.3, -0.25) is 0 Å². The number of nitrogens with one attached hydrogen (secondary N) is 1. The topological polar surface area (TPSA) is 41.1 Å². The van der Waals surface area contributed by atoms with Crippen LogP contribution in [0.2, 0.25) is 0 Å². The normalized spacial score (nSPS) is 12.0. The number of benzene rings is 1. The predicted molar refractivity (Wildman–Crippen MR) is 98.0 cm³/mol. The summed E-state index contributed by atoms with van der Waals surface area (Å²) in [5.74, 6) is 1.72. The molecule has 4 nitrogen and oxygen atoms in total. The summed E-state index contributed by atoms with van der Waals surface area (Å²) in [4.78, 5) is 11.6. The first-order valence-electron chi connectivity index (χ1n) is 8.56. The Kier molecular flexibility index (Phi) is 6.39. The van der Waals surface area contributed by atoms with Crippen LogP contribution in [-0.4, -0.2) is 23.1 Å². The summed E-state index contributed by atoms with van der Waals surface area (Å²) in [5.41, 5.74) is 2.25. The van der Waals surface area contributed by atoms with Gasteiger partial charge in [0.15, 0.2) is 0 Å². The average Bonchev–Trinajstić information content (AvgIpc) is 2.55. The van der Waals surface area contributed by atoms with Crippen LogP contribution in [0.1, 0.15) is 50.9 Å². The minimum absolute atomic E-state index is 0.212. The van der Waals surface area contributed by atoms with Crippen molar-refractivity contribution in [3.8, 4) is 0 Å². The van der Waals surface area contributed by atoms with Crippen LogP contribution in [-0.2, 0) is 0 Å². The van der Waals surface area contributed by atoms with E-state index < -0.39 is 0 Å². The molecular formula is C19H28N4. The first-order valence-corrected chi connectivity index (χ1v) is 8.56. The third-order valence-electron chi connectivity index (χ3n) is 3.78. The van der Waals surface area contributed by atoms with Gasteiger partial charge in [0.2, 0.25) is 5.95 Å². The molecule has 0 spiro atoms. The molecule has 4 heteroatoms. The Morgan fingerprint density at radius 1 is 1.04 bits per heavy atom. The monoisotopic (exact) mass is 312 g/mol. The van der Waals surface area contributed by atoms with E-state index in [0.717, 1.165) is 43.4 Å². The number of hydrogen-bond acceptors (Lipinski definition) is 4. The minimum atomic E-state index is 0.212. The van der Waals surface area contributed by atoms with Crippen LogP contribution in [0, 0.1) is 6.92 Å². The second kappa shape index (κ2) is 8.51. The van der Waals surface area contributed by atoms with Crippen LogP contribution in [0.3, 0.4) is 0 Å². The molecule has 0 aliphatic rings. The van der Waals surface area contributed by atoms with Gasteiger partial charge in [-0.15, -0.1) is 0 Å². The number of aromatic nitrogens is 2. The van der Waals surface area contributed by atoms with Crippen LogP contribution >= 0.6 is 0 Å². The molecule has 2 rings (SSSR count). The second-order valence-corrected chi connectivity index (χ2v) is 5.96. The minimum Gasteiger partial charge on any atom is -0.363 e. The fourth-order valence-corrected chi connectivity index (χ4v) is 2.67. The van der Waals surface area contributed by atoms with E-state index >= 15 is 0 Å². The highest BCUT2D eigenvalue weighted by atomic mass is 15.3. The maximum absolute atomic E-state index is 4.74. The zero-order valence-electron chi connectivity index (χ0n) is 14.7. The van der Waals surface area contributed by atoms with Crippen molar-refractivity contribution in [2.75, 3.05) is 23.3 Å². The molecule has 0 aliphatic carbocycles. The average molecular weight is 312 g/mol. The maximum atomic E-state index is 4.74. The quantitative estimate of drug-likeness (QED) is 0.774. The van der Waals surface area contributed by atoms with Gasteiger partial charge in [-0.1, -0.05) is 44.2 Å². The van der Waals surface area contributed by atoms with E-state index in [0.29, 0.717) is 0 Å². The fourth-order valence-electron chi connectivity index (χ4n) is 2.67. The summed E-state index contributed by atoms with van der Waals surface area (Å²) in [6, 6.07) is 12.7. The Morgan fingerprint density at radius 2 is 1.70 bits per heavy atom. The summed E-state index contributed by atoms with van der Waals surface area (Å²) in [6.45, 7) is 10.5. The summed E-state index contributed by atoms with van der Waals surface area (Å²) >= 11 is 0. The van der Waals surface area contributed by atoms with Gasteiger partial charge in [0.1, 0.15) is 5.82 Å². The Balaban J connectivity index is 2.19. The van der Waals surface area contributed by atoms with E-state index in [1.54, 1.807) is 0 Å². The van der Waals surface area contributed by atoms with Gasteiger partial charge in [-0.2, -0.15) is 4.98 Å². The molecule has 2 aromatic rings. The first-order chi connectivity index (χ1) is 11.1. The maximum Gasteiger partial charge on any atom is 0.227 e. The lowest BCUT2D eigenvalue weighted by Crippen LogP contribution is -2.27. The summed E-state index contributed by atoms with van der Waals surface area (Å²) in [5, 5.41) is 3.50. The molecule has 1 atom stereocenters. The van der Waals surface area contributed by atoms with Crippen molar-refractivity contribution in [2.45, 2.75) is 46.6 Å². The van der Waals surface area contributed by atoms with Gasteiger partial charge in [-0.05, 0) is 32.3 Å². The molecule has 1 N–H and O–H groups in total. The van der Waals surface area contributed by atoms with Crippen molar-refractivity contribution in [1.29, 1.82) is 0 Å². The molecule has 1 aromatic carbocycles. The van der Waals surface area contributed by atoms with Crippen molar-refractivity contribution in [2.24, 2.45) is 0 Å². The SMILES string of the molecule is CCCN(CCC)c1nc(C)cc(NC(C)c2ccccc2)n1. The van der Waals surface area contributed by atoms with Gasteiger partial charge < -0.3 is 10.2 Å². The predicted octanol–water partition coefficient (Wildman–Crippen LogP) is 4.58. The van der Waals surface area contributed by atoms with E-state index in [1.807, 2.05) is 19.1 Å². The molecule has 1 unspecified atom stereocenters. The van der Waals surface area contributed by atoms with E-state index in [9.17, 15) is 0 Å². The molecule has 0 saturated carbocycles. The Hall–Kier alpha value is -2.10. The number of rotatable bonds is 8. The Morgan fingerprint density at radius 3 is 2.30 bits per heavy atom. The zero-order chi connectivity index (χ0) is 16.7. The third-order valence-corrected chi connectivity index (χ3v) is 3.78. The van der Waals surface area contributed by atoms with Crippen LogP contribution in [0.5, 0.6) is 0 Å². The van der Waals surface area contributed by atoms with E-state index in [4.69, 9.17) is 4.98 Å². The summed E-state index contributed by atoms with van der Waals surface area (Å²) in [6.07, 6.45) is 2.20. The molecule has 0 aliphatic heterocycles. The van der Waals surface area contributed by atoms with Gasteiger partial charge in [0, 0.05) is 30.9 Å². The van der Waals surface area contributed by atoms with Crippen molar-refractivity contribution in [3.63, 3.8) is 0 Å². The summed E-state index contributed by atoms with van der Waals surface area (Å²) < 4.78 is 0.